The van der Waals surface area contributed by atoms with E-state index in [2.05, 4.69) is 78.8 Å². The third-order valence-electron chi connectivity index (χ3n) is 13.6. The molecule has 74 heavy (non-hydrogen) atoms. The lowest BCUT2D eigenvalue weighted by Gasteiger charge is -2.41. The molecule has 13 heteroatoms. The zero-order valence-corrected chi connectivity index (χ0v) is 47.7. The summed E-state index contributed by atoms with van der Waals surface area (Å²) in [7, 11) is -5.07. The van der Waals surface area contributed by atoms with Crippen LogP contribution in [0.25, 0.3) is 0 Å². The minimum atomic E-state index is -5.07. The van der Waals surface area contributed by atoms with Crippen LogP contribution in [0.1, 0.15) is 258 Å². The van der Waals surface area contributed by atoms with Crippen molar-refractivity contribution in [2.45, 2.75) is 295 Å². The van der Waals surface area contributed by atoms with Crippen LogP contribution >= 0.6 is 0 Å². The minimum Gasteiger partial charge on any atom is -0.457 e. The summed E-state index contributed by atoms with van der Waals surface area (Å²) in [6.07, 6.45) is 58.2. The zero-order chi connectivity index (χ0) is 53.8. The van der Waals surface area contributed by atoms with Crippen molar-refractivity contribution in [3.8, 4) is 0 Å². The van der Waals surface area contributed by atoms with Gasteiger partial charge in [-0.15, -0.1) is 0 Å². The van der Waals surface area contributed by atoms with Gasteiger partial charge in [0.2, 0.25) is 0 Å². The third kappa shape index (κ3) is 43.9. The van der Waals surface area contributed by atoms with Crippen LogP contribution < -0.4 is 0 Å². The molecule has 12 nitrogen and oxygen atoms in total. The molecule has 0 aromatic rings. The van der Waals surface area contributed by atoms with E-state index in [-0.39, 0.29) is 19.6 Å². The SMILES string of the molecule is CCCCCCC/C=C\C/C=C\C/C=C\CCCCCCCCCCC(=O)OC(COCCCCCCCCCCCCCC/C=C\C/C=C\CCCCCCC)COC1OC(CO)C(O)C(OS(=O)(=O)O)C1O. The maximum Gasteiger partial charge on any atom is 0.397 e. The van der Waals surface area contributed by atoms with E-state index >= 15 is 0 Å². The van der Waals surface area contributed by atoms with Gasteiger partial charge in [-0.2, -0.15) is 8.42 Å². The molecule has 0 amide bonds. The number of carbonyl (C=O) groups excluding carboxylic acids is 1. The number of hydrogen-bond donors (Lipinski definition) is 4. The summed E-state index contributed by atoms with van der Waals surface area (Å²) >= 11 is 0. The summed E-state index contributed by atoms with van der Waals surface area (Å²) in [6.45, 7) is 3.99. The Kier molecular flexibility index (Phi) is 48.6. The van der Waals surface area contributed by atoms with Gasteiger partial charge in [-0.05, 0) is 83.5 Å². The molecule has 1 saturated heterocycles. The molecule has 0 aliphatic carbocycles. The lowest BCUT2D eigenvalue weighted by molar-refractivity contribution is -0.301. The van der Waals surface area contributed by atoms with Crippen molar-refractivity contribution in [3.63, 3.8) is 0 Å². The largest absolute Gasteiger partial charge is 0.457 e. The number of carbonyl (C=O) groups is 1. The number of allylic oxidation sites excluding steroid dienone is 10. The van der Waals surface area contributed by atoms with Crippen LogP contribution in [0, 0.1) is 0 Å². The molecule has 4 N–H and O–H groups in total. The van der Waals surface area contributed by atoms with Crippen molar-refractivity contribution in [2.75, 3.05) is 26.4 Å². The summed E-state index contributed by atoms with van der Waals surface area (Å²) in [6, 6.07) is 0. The summed E-state index contributed by atoms with van der Waals surface area (Å²) < 4.78 is 59.5. The highest BCUT2D eigenvalue weighted by atomic mass is 32.3. The highest BCUT2D eigenvalue weighted by Crippen LogP contribution is 2.26. The maximum atomic E-state index is 13.0. The van der Waals surface area contributed by atoms with Gasteiger partial charge in [-0.1, -0.05) is 229 Å². The summed E-state index contributed by atoms with van der Waals surface area (Å²) in [5, 5.41) is 30.9. The van der Waals surface area contributed by atoms with Crippen molar-refractivity contribution >= 4 is 16.4 Å². The smallest absolute Gasteiger partial charge is 0.397 e. The molecule has 432 valence electrons. The second-order valence-electron chi connectivity index (χ2n) is 20.6. The van der Waals surface area contributed by atoms with Crippen LogP contribution in [0.15, 0.2) is 60.8 Å². The Hall–Kier alpha value is -2.20. The van der Waals surface area contributed by atoms with Crippen LogP contribution in [0.5, 0.6) is 0 Å². The Bertz CT molecular complexity index is 1510. The van der Waals surface area contributed by atoms with Crippen LogP contribution in [-0.2, 0) is 38.3 Å². The fourth-order valence-electron chi connectivity index (χ4n) is 9.07. The lowest BCUT2D eigenvalue weighted by Crippen LogP contribution is -2.60. The molecule has 1 rings (SSSR count). The first-order valence-corrected chi connectivity index (χ1v) is 31.4. The fraction of sp³-hybridized carbons (Fsp3) is 0.820. The van der Waals surface area contributed by atoms with Gasteiger partial charge in [-0.25, -0.2) is 4.18 Å². The molecule has 0 aromatic carbocycles. The van der Waals surface area contributed by atoms with Crippen molar-refractivity contribution < 1.29 is 56.2 Å². The molecule has 1 aliphatic heterocycles. The van der Waals surface area contributed by atoms with Gasteiger partial charge in [-0.3, -0.25) is 9.35 Å². The first-order valence-electron chi connectivity index (χ1n) is 30.0. The maximum absolute atomic E-state index is 13.0. The summed E-state index contributed by atoms with van der Waals surface area (Å²) in [5.74, 6) is -0.405. The monoisotopic (exact) mass is 1070 g/mol. The van der Waals surface area contributed by atoms with Crippen LogP contribution in [-0.4, -0.2) is 97.5 Å². The summed E-state index contributed by atoms with van der Waals surface area (Å²) in [4.78, 5) is 13.0. The topological polar surface area (TPSA) is 178 Å². The van der Waals surface area contributed by atoms with Crippen LogP contribution in [0.4, 0.5) is 0 Å². The molecule has 6 atom stereocenters. The molecule has 1 heterocycles. The number of aliphatic hydroxyl groups excluding tert-OH is 3. The number of ether oxygens (including phenoxy) is 4. The zero-order valence-electron chi connectivity index (χ0n) is 46.9. The first-order chi connectivity index (χ1) is 36.1. The van der Waals surface area contributed by atoms with Crippen LogP contribution in [0.2, 0.25) is 0 Å². The van der Waals surface area contributed by atoms with Crippen molar-refractivity contribution in [2.24, 2.45) is 0 Å². The molecule has 0 saturated carbocycles. The second-order valence-corrected chi connectivity index (χ2v) is 21.6. The quantitative estimate of drug-likeness (QED) is 0.0196. The van der Waals surface area contributed by atoms with Crippen molar-refractivity contribution in [3.05, 3.63) is 60.8 Å². The van der Waals surface area contributed by atoms with E-state index in [4.69, 9.17) is 18.9 Å². The lowest BCUT2D eigenvalue weighted by atomic mass is 9.99. The molecule has 6 unspecified atom stereocenters. The van der Waals surface area contributed by atoms with E-state index in [9.17, 15) is 33.1 Å². The number of unbranched alkanes of at least 4 members (excludes halogenated alkanes) is 30. The Morgan fingerprint density at radius 1 is 0.514 bits per heavy atom. The second kappa shape index (κ2) is 51.6. The van der Waals surface area contributed by atoms with E-state index in [0.717, 1.165) is 64.2 Å². The van der Waals surface area contributed by atoms with E-state index in [1.54, 1.807) is 0 Å². The Morgan fingerprint density at radius 3 is 1.30 bits per heavy atom. The van der Waals surface area contributed by atoms with Gasteiger partial charge in [0.15, 0.2) is 6.29 Å². The third-order valence-corrected chi connectivity index (χ3v) is 14.1. The normalized spacial score (nSPS) is 19.1. The molecule has 0 bridgehead atoms. The number of rotatable bonds is 53. The Balaban J connectivity index is 2.29. The van der Waals surface area contributed by atoms with E-state index in [0.29, 0.717) is 13.0 Å². The molecule has 0 aromatic heterocycles. The number of esters is 1. The average molecular weight is 1070 g/mol. The molecular weight excluding hydrogens is 957 g/mol. The van der Waals surface area contributed by atoms with Gasteiger partial charge in [0.1, 0.15) is 30.5 Å². The van der Waals surface area contributed by atoms with Crippen molar-refractivity contribution in [1.82, 2.24) is 0 Å². The van der Waals surface area contributed by atoms with Gasteiger partial charge in [0, 0.05) is 13.0 Å². The molecule has 1 aliphatic rings. The van der Waals surface area contributed by atoms with E-state index in [1.165, 1.54) is 167 Å². The van der Waals surface area contributed by atoms with E-state index in [1.807, 2.05) is 0 Å². The Labute approximate surface area is 452 Å². The number of aliphatic hydroxyl groups is 3. The van der Waals surface area contributed by atoms with E-state index < -0.39 is 59.8 Å². The predicted octanol–water partition coefficient (Wildman–Crippen LogP) is 15.2. The van der Waals surface area contributed by atoms with Crippen molar-refractivity contribution in [1.29, 1.82) is 0 Å². The standard InChI is InChI=1S/C61H110O12S/c1-3-5-7-9-11-13-15-17-19-21-23-25-27-29-31-33-35-37-39-41-43-45-47-49-51-69-53-55(54-70-61-59(65)60(73-74(66,67)68)58(64)56(52-62)72-61)71-57(63)50-48-46-44-42-40-38-36-34-32-30-28-26-24-22-20-18-16-14-12-10-8-6-4-2/h15-18,21-24,28,30,55-56,58-62,64-65H,3-14,19-20,25-27,29,31-54H2,1-2H3,(H,66,67,68)/b17-15-,18-16-,23-21-,24-22-,30-28-. The number of hydrogen-bond acceptors (Lipinski definition) is 11. The minimum absolute atomic E-state index is 0.0310. The fourth-order valence-corrected chi connectivity index (χ4v) is 9.57. The average Bonchev–Trinajstić information content (AvgIpc) is 3.38. The Morgan fingerprint density at radius 2 is 0.892 bits per heavy atom. The highest BCUT2D eigenvalue weighted by molar-refractivity contribution is 7.80. The first kappa shape index (κ1) is 69.8. The van der Waals surface area contributed by atoms with Gasteiger partial charge >= 0.3 is 16.4 Å². The predicted molar refractivity (Wildman–Crippen MR) is 303 cm³/mol. The van der Waals surface area contributed by atoms with Gasteiger partial charge < -0.3 is 34.3 Å². The summed E-state index contributed by atoms with van der Waals surface area (Å²) in [5.41, 5.74) is 0. The molecular formula is C61H110O12S. The van der Waals surface area contributed by atoms with Gasteiger partial charge in [0.05, 0.1) is 19.8 Å². The van der Waals surface area contributed by atoms with Gasteiger partial charge in [0.25, 0.3) is 0 Å². The molecule has 0 radical (unpaired) electrons. The molecule has 0 spiro atoms. The highest BCUT2D eigenvalue weighted by Gasteiger charge is 2.48. The van der Waals surface area contributed by atoms with Crippen LogP contribution in [0.3, 0.4) is 0 Å². The molecule has 1 fully saturated rings.